The summed E-state index contributed by atoms with van der Waals surface area (Å²) in [5.41, 5.74) is 4.33. The van der Waals surface area contributed by atoms with Gasteiger partial charge in [-0.25, -0.2) is 0 Å². The summed E-state index contributed by atoms with van der Waals surface area (Å²) in [6.07, 6.45) is -1.00. The van der Waals surface area contributed by atoms with E-state index in [2.05, 4.69) is 60.4 Å². The molecular weight excluding hydrogens is 576 g/mol. The Labute approximate surface area is 253 Å². The van der Waals surface area contributed by atoms with Gasteiger partial charge in [0.25, 0.3) is 0 Å². The van der Waals surface area contributed by atoms with Crippen LogP contribution in [0, 0.1) is 13.8 Å². The number of hydrogen-bond donors (Lipinski definition) is 8. The number of aromatic nitrogens is 2. The van der Waals surface area contributed by atoms with Gasteiger partial charge in [0.05, 0.1) is 0 Å². The fourth-order valence-electron chi connectivity index (χ4n) is 4.02. The normalized spacial score (nSPS) is 12.9. The van der Waals surface area contributed by atoms with E-state index in [1.54, 1.807) is 0 Å². The van der Waals surface area contributed by atoms with Crippen molar-refractivity contribution in [1.82, 2.24) is 20.6 Å². The molecule has 0 bridgehead atoms. The summed E-state index contributed by atoms with van der Waals surface area (Å²) >= 11 is 0. The number of aryl methyl sites for hydroxylation is 2. The second-order valence-electron chi connectivity index (χ2n) is 10.8. The third-order valence-electron chi connectivity index (χ3n) is 5.90. The fraction of sp³-hybridized carbons (Fsp3) is 0.467. The summed E-state index contributed by atoms with van der Waals surface area (Å²) in [4.78, 5) is 6.54. The molecule has 12 nitrogen and oxygen atoms in total. The van der Waals surface area contributed by atoms with Gasteiger partial charge in [0.2, 0.25) is 0 Å². The topological polar surface area (TPSA) is 189 Å². The van der Waals surface area contributed by atoms with Gasteiger partial charge in [0, 0.05) is 58.4 Å². The standard InChI is InChI=1S/2C15H22N2O2.H2O4S/c2*1-10(2)16-8-12(18)9-19-15-6-4-5-14-13(15)7-11(3)17-14;1-5(2,3)4/h2*4-7,10,12,16-18H,8-9H2,1-3H3;(H2,1,2,3,4). The van der Waals surface area contributed by atoms with Crippen LogP contribution in [0.2, 0.25) is 0 Å². The average Bonchev–Trinajstić information content (AvgIpc) is 3.49. The third-order valence-corrected chi connectivity index (χ3v) is 5.90. The molecule has 240 valence electrons. The van der Waals surface area contributed by atoms with E-state index in [1.807, 2.05) is 50.2 Å². The predicted octanol–water partition coefficient (Wildman–Crippen LogP) is 3.78. The molecule has 2 heterocycles. The highest BCUT2D eigenvalue weighted by Gasteiger charge is 2.10. The van der Waals surface area contributed by atoms with Crippen molar-refractivity contribution in [3.63, 3.8) is 0 Å². The molecular formula is C30H46N4O8S. The van der Waals surface area contributed by atoms with Gasteiger partial charge in [0.15, 0.2) is 0 Å². The van der Waals surface area contributed by atoms with E-state index < -0.39 is 22.6 Å². The van der Waals surface area contributed by atoms with E-state index in [1.165, 1.54) is 0 Å². The van der Waals surface area contributed by atoms with Crippen LogP contribution in [0.25, 0.3) is 21.8 Å². The van der Waals surface area contributed by atoms with Crippen molar-refractivity contribution in [2.45, 2.75) is 65.8 Å². The van der Waals surface area contributed by atoms with Gasteiger partial charge in [0.1, 0.15) is 36.9 Å². The molecule has 0 aliphatic rings. The van der Waals surface area contributed by atoms with E-state index in [-0.39, 0.29) is 0 Å². The zero-order valence-electron chi connectivity index (χ0n) is 25.6. The number of benzene rings is 2. The predicted molar refractivity (Wildman–Crippen MR) is 170 cm³/mol. The maximum absolute atomic E-state index is 9.84. The number of hydrogen-bond acceptors (Lipinski definition) is 8. The highest BCUT2D eigenvalue weighted by Crippen LogP contribution is 2.27. The van der Waals surface area contributed by atoms with Crippen molar-refractivity contribution in [1.29, 1.82) is 0 Å². The summed E-state index contributed by atoms with van der Waals surface area (Å²) in [6, 6.07) is 16.6. The SMILES string of the molecule is Cc1cc2c(OCC(O)CNC(C)C)cccc2[nH]1.Cc1cc2c(OCC(O)CNC(C)C)cccc2[nH]1.O=S(=O)(O)O. The molecule has 0 spiro atoms. The van der Waals surface area contributed by atoms with Crippen LogP contribution in [0.3, 0.4) is 0 Å². The fourth-order valence-corrected chi connectivity index (χ4v) is 4.02. The number of aromatic amines is 2. The van der Waals surface area contributed by atoms with Crippen LogP contribution in [0.1, 0.15) is 39.1 Å². The summed E-state index contributed by atoms with van der Waals surface area (Å²) in [5.74, 6) is 1.62. The first-order valence-electron chi connectivity index (χ1n) is 14.1. The molecule has 8 N–H and O–H groups in total. The molecule has 2 aromatic carbocycles. The number of aliphatic hydroxyl groups is 2. The van der Waals surface area contributed by atoms with Gasteiger partial charge in [-0.1, -0.05) is 39.8 Å². The highest BCUT2D eigenvalue weighted by molar-refractivity contribution is 7.79. The molecule has 4 aromatic rings. The average molecular weight is 623 g/mol. The largest absolute Gasteiger partial charge is 0.490 e. The van der Waals surface area contributed by atoms with E-state index >= 15 is 0 Å². The van der Waals surface area contributed by atoms with Crippen LogP contribution in [0.5, 0.6) is 11.5 Å². The van der Waals surface area contributed by atoms with E-state index in [0.29, 0.717) is 38.4 Å². The van der Waals surface area contributed by atoms with Gasteiger partial charge in [-0.05, 0) is 50.2 Å². The van der Waals surface area contributed by atoms with Gasteiger partial charge in [-0.15, -0.1) is 0 Å². The maximum atomic E-state index is 9.84. The molecule has 0 aliphatic heterocycles. The first-order valence-corrected chi connectivity index (χ1v) is 15.5. The zero-order valence-corrected chi connectivity index (χ0v) is 26.4. The molecule has 2 aromatic heterocycles. The lowest BCUT2D eigenvalue weighted by Crippen LogP contribution is -2.35. The van der Waals surface area contributed by atoms with Crippen molar-refractivity contribution < 1.29 is 37.2 Å². The Morgan fingerprint density at radius 1 is 0.721 bits per heavy atom. The lowest BCUT2D eigenvalue weighted by atomic mass is 10.2. The molecule has 0 fully saturated rings. The minimum atomic E-state index is -4.67. The van der Waals surface area contributed by atoms with Gasteiger partial charge in [-0.2, -0.15) is 8.42 Å². The van der Waals surface area contributed by atoms with E-state index in [9.17, 15) is 10.2 Å². The van der Waals surface area contributed by atoms with E-state index in [4.69, 9.17) is 27.0 Å². The third kappa shape index (κ3) is 14.2. The summed E-state index contributed by atoms with van der Waals surface area (Å²) < 4.78 is 43.0. The molecule has 0 amide bonds. The Bertz CT molecular complexity index is 1390. The van der Waals surface area contributed by atoms with Crippen LogP contribution in [-0.2, 0) is 10.4 Å². The molecule has 0 aliphatic carbocycles. The molecule has 13 heteroatoms. The van der Waals surface area contributed by atoms with Crippen molar-refractivity contribution in [3.8, 4) is 11.5 Å². The Kier molecular flexibility index (Phi) is 14.4. The number of nitrogens with one attached hydrogen (secondary N) is 4. The number of aliphatic hydroxyl groups excluding tert-OH is 2. The Morgan fingerprint density at radius 3 is 1.40 bits per heavy atom. The Morgan fingerprint density at radius 2 is 1.07 bits per heavy atom. The quantitative estimate of drug-likeness (QED) is 0.108. The molecule has 0 radical (unpaired) electrons. The first kappa shape index (κ1) is 36.0. The second kappa shape index (κ2) is 17.2. The van der Waals surface area contributed by atoms with Crippen LogP contribution < -0.4 is 20.1 Å². The van der Waals surface area contributed by atoms with Crippen LogP contribution >= 0.6 is 0 Å². The lowest BCUT2D eigenvalue weighted by molar-refractivity contribution is 0.105. The minimum absolute atomic E-state index is 0.295. The number of ether oxygens (including phenoxy) is 2. The van der Waals surface area contributed by atoms with Gasteiger partial charge < -0.3 is 40.3 Å². The van der Waals surface area contributed by atoms with E-state index in [0.717, 1.165) is 44.7 Å². The molecule has 2 atom stereocenters. The van der Waals surface area contributed by atoms with Gasteiger partial charge >= 0.3 is 10.4 Å². The minimum Gasteiger partial charge on any atom is -0.490 e. The van der Waals surface area contributed by atoms with Crippen molar-refractivity contribution in [2.75, 3.05) is 26.3 Å². The summed E-state index contributed by atoms with van der Waals surface area (Å²) in [6.45, 7) is 13.9. The lowest BCUT2D eigenvalue weighted by Gasteiger charge is -2.15. The molecule has 0 saturated heterocycles. The monoisotopic (exact) mass is 622 g/mol. The molecule has 43 heavy (non-hydrogen) atoms. The maximum Gasteiger partial charge on any atom is 0.394 e. The molecule has 4 rings (SSSR count). The van der Waals surface area contributed by atoms with Crippen molar-refractivity contribution in [2.24, 2.45) is 0 Å². The summed E-state index contributed by atoms with van der Waals surface area (Å²) in [7, 11) is -4.67. The highest BCUT2D eigenvalue weighted by atomic mass is 32.3. The van der Waals surface area contributed by atoms with Crippen molar-refractivity contribution >= 4 is 32.2 Å². The van der Waals surface area contributed by atoms with Crippen LogP contribution in [0.4, 0.5) is 0 Å². The molecule has 0 saturated carbocycles. The Balaban J connectivity index is 0.000000260. The smallest absolute Gasteiger partial charge is 0.394 e. The zero-order chi connectivity index (χ0) is 32.2. The number of fused-ring (bicyclic) bond motifs is 2. The first-order chi connectivity index (χ1) is 20.1. The van der Waals surface area contributed by atoms with Crippen LogP contribution in [0.15, 0.2) is 48.5 Å². The molecule has 2 unspecified atom stereocenters. The number of rotatable bonds is 12. The van der Waals surface area contributed by atoms with Gasteiger partial charge in [-0.3, -0.25) is 9.11 Å². The van der Waals surface area contributed by atoms with Crippen molar-refractivity contribution in [3.05, 3.63) is 59.9 Å². The Hall–Kier alpha value is -3.17. The second-order valence-corrected chi connectivity index (χ2v) is 11.7. The number of H-pyrrole nitrogens is 2. The summed E-state index contributed by atoms with van der Waals surface area (Å²) in [5, 5.41) is 28.2. The van der Waals surface area contributed by atoms with Crippen LogP contribution in [-0.4, -0.2) is 88.3 Å².